The maximum absolute atomic E-state index is 11.5. The third kappa shape index (κ3) is 4.67. The minimum absolute atomic E-state index is 0.0181. The van der Waals surface area contributed by atoms with Gasteiger partial charge in [-0.1, -0.05) is 0 Å². The Morgan fingerprint density at radius 2 is 1.90 bits per heavy atom. The highest BCUT2D eigenvalue weighted by atomic mass is 16.4. The summed E-state index contributed by atoms with van der Waals surface area (Å²) < 4.78 is 0. The minimum atomic E-state index is -0.919. The van der Waals surface area contributed by atoms with Gasteiger partial charge in [-0.25, -0.2) is 4.79 Å². The van der Waals surface area contributed by atoms with Crippen molar-refractivity contribution in [1.29, 1.82) is 10.5 Å². The number of benzene rings is 1. The Morgan fingerprint density at radius 3 is 2.50 bits per heavy atom. The van der Waals surface area contributed by atoms with Gasteiger partial charge < -0.3 is 15.7 Å². The molecule has 0 spiro atoms. The van der Waals surface area contributed by atoms with E-state index in [-0.39, 0.29) is 24.1 Å². The van der Waals surface area contributed by atoms with Crippen LogP contribution in [0.3, 0.4) is 0 Å². The summed E-state index contributed by atoms with van der Waals surface area (Å²) >= 11 is 0. The van der Waals surface area contributed by atoms with E-state index in [1.165, 1.54) is 18.2 Å². The molecule has 0 bridgehead atoms. The molecule has 0 saturated carbocycles. The number of nitrogens with one attached hydrogen (secondary N) is 2. The molecular weight excluding hydrogens is 260 g/mol. The summed E-state index contributed by atoms with van der Waals surface area (Å²) in [5.74, 6) is -0.919. The molecule has 0 aliphatic rings. The third-order valence-corrected chi connectivity index (χ3v) is 2.37. The maximum atomic E-state index is 11.5. The largest absolute Gasteiger partial charge is 0.481 e. The fraction of sp³-hybridized carbons (Fsp3) is 0.231. The molecule has 2 amide bonds. The predicted molar refractivity (Wildman–Crippen MR) is 69.8 cm³/mol. The zero-order chi connectivity index (χ0) is 15.0. The number of anilines is 1. The molecule has 0 aliphatic carbocycles. The Morgan fingerprint density at radius 1 is 1.20 bits per heavy atom. The number of carboxylic acids is 1. The number of amides is 2. The van der Waals surface area contributed by atoms with Crippen molar-refractivity contribution >= 4 is 17.7 Å². The van der Waals surface area contributed by atoms with Crippen molar-refractivity contribution in [2.75, 3.05) is 11.9 Å². The van der Waals surface area contributed by atoms with E-state index in [1.54, 1.807) is 0 Å². The lowest BCUT2D eigenvalue weighted by Crippen LogP contribution is -2.29. The van der Waals surface area contributed by atoms with Crippen LogP contribution in [0.4, 0.5) is 10.5 Å². The van der Waals surface area contributed by atoms with Crippen molar-refractivity contribution in [3.8, 4) is 12.1 Å². The van der Waals surface area contributed by atoms with E-state index >= 15 is 0 Å². The number of aliphatic carboxylic acids is 1. The van der Waals surface area contributed by atoms with Crippen molar-refractivity contribution in [3.63, 3.8) is 0 Å². The highest BCUT2D eigenvalue weighted by Gasteiger charge is 2.06. The summed E-state index contributed by atoms with van der Waals surface area (Å²) in [7, 11) is 0. The molecule has 0 heterocycles. The molecule has 102 valence electrons. The highest BCUT2D eigenvalue weighted by molar-refractivity contribution is 5.89. The number of hydrogen-bond acceptors (Lipinski definition) is 4. The summed E-state index contributed by atoms with van der Waals surface area (Å²) in [6, 6.07) is 7.59. The highest BCUT2D eigenvalue weighted by Crippen LogP contribution is 2.14. The van der Waals surface area contributed by atoms with E-state index in [0.717, 1.165) is 0 Å². The fourth-order valence-corrected chi connectivity index (χ4v) is 1.43. The van der Waals surface area contributed by atoms with Crippen LogP contribution in [0.2, 0.25) is 0 Å². The van der Waals surface area contributed by atoms with Gasteiger partial charge in [-0.3, -0.25) is 4.79 Å². The molecule has 7 heteroatoms. The molecule has 0 atom stereocenters. The second-order valence-corrected chi connectivity index (χ2v) is 3.86. The topological polar surface area (TPSA) is 126 Å². The number of urea groups is 1. The van der Waals surface area contributed by atoms with Gasteiger partial charge in [-0.2, -0.15) is 10.5 Å². The van der Waals surface area contributed by atoms with Gasteiger partial charge >= 0.3 is 12.0 Å². The Hall–Kier alpha value is -3.06. The van der Waals surface area contributed by atoms with Crippen LogP contribution in [0.15, 0.2) is 18.2 Å². The van der Waals surface area contributed by atoms with Crippen LogP contribution in [0.1, 0.15) is 24.0 Å². The van der Waals surface area contributed by atoms with Crippen LogP contribution in [-0.4, -0.2) is 23.7 Å². The van der Waals surface area contributed by atoms with Gasteiger partial charge in [0.25, 0.3) is 0 Å². The van der Waals surface area contributed by atoms with Crippen LogP contribution in [-0.2, 0) is 4.79 Å². The van der Waals surface area contributed by atoms with Crippen LogP contribution < -0.4 is 10.6 Å². The first-order valence-electron chi connectivity index (χ1n) is 5.77. The standard InChI is InChI=1S/C13H12N4O3/c14-7-9-3-4-11(6-10(9)8-15)17-13(20)16-5-1-2-12(18)19/h3-4,6H,1-2,5H2,(H,18,19)(H2,16,17,20). The van der Waals surface area contributed by atoms with Gasteiger partial charge in [-0.15, -0.1) is 0 Å². The Kier molecular flexibility index (Phi) is 5.54. The quantitative estimate of drug-likeness (QED) is 0.698. The monoisotopic (exact) mass is 272 g/mol. The second kappa shape index (κ2) is 7.39. The number of carbonyl (C=O) groups excluding carboxylic acids is 1. The number of carbonyl (C=O) groups is 2. The smallest absolute Gasteiger partial charge is 0.319 e. The minimum Gasteiger partial charge on any atom is -0.481 e. The van der Waals surface area contributed by atoms with E-state index in [9.17, 15) is 9.59 Å². The first kappa shape index (κ1) is 15.0. The van der Waals surface area contributed by atoms with Crippen LogP contribution >= 0.6 is 0 Å². The van der Waals surface area contributed by atoms with Gasteiger partial charge in [0.15, 0.2) is 0 Å². The predicted octanol–water partition coefficient (Wildman–Crippen LogP) is 1.42. The van der Waals surface area contributed by atoms with E-state index in [0.29, 0.717) is 12.1 Å². The van der Waals surface area contributed by atoms with E-state index in [2.05, 4.69) is 10.6 Å². The molecule has 0 aliphatic heterocycles. The van der Waals surface area contributed by atoms with Crippen LogP contribution in [0, 0.1) is 22.7 Å². The number of nitrogens with zero attached hydrogens (tertiary/aromatic N) is 2. The molecule has 1 aromatic rings. The summed E-state index contributed by atoms with van der Waals surface area (Å²) in [5, 5.41) is 31.0. The Labute approximate surface area is 115 Å². The van der Waals surface area contributed by atoms with Gasteiger partial charge in [0, 0.05) is 18.7 Å². The van der Waals surface area contributed by atoms with Gasteiger partial charge in [0.2, 0.25) is 0 Å². The molecule has 1 aromatic carbocycles. The zero-order valence-corrected chi connectivity index (χ0v) is 10.5. The summed E-state index contributed by atoms with van der Waals surface area (Å²) in [6.07, 6.45) is 0.315. The summed E-state index contributed by atoms with van der Waals surface area (Å²) in [4.78, 5) is 21.8. The van der Waals surface area contributed by atoms with Crippen molar-refractivity contribution < 1.29 is 14.7 Å². The number of carboxylic acid groups (broad SMARTS) is 1. The molecule has 0 radical (unpaired) electrons. The average Bonchev–Trinajstić information content (AvgIpc) is 2.43. The number of rotatable bonds is 5. The van der Waals surface area contributed by atoms with Crippen LogP contribution in [0.25, 0.3) is 0 Å². The first-order valence-corrected chi connectivity index (χ1v) is 5.77. The molecule has 20 heavy (non-hydrogen) atoms. The molecule has 3 N–H and O–H groups in total. The van der Waals surface area contributed by atoms with E-state index < -0.39 is 12.0 Å². The second-order valence-electron chi connectivity index (χ2n) is 3.86. The lowest BCUT2D eigenvalue weighted by atomic mass is 10.1. The van der Waals surface area contributed by atoms with E-state index in [1.807, 2.05) is 12.1 Å². The van der Waals surface area contributed by atoms with Crippen molar-refractivity contribution in [1.82, 2.24) is 5.32 Å². The van der Waals surface area contributed by atoms with Crippen LogP contribution in [0.5, 0.6) is 0 Å². The van der Waals surface area contributed by atoms with Crippen molar-refractivity contribution in [3.05, 3.63) is 29.3 Å². The fourth-order valence-electron chi connectivity index (χ4n) is 1.43. The summed E-state index contributed by atoms with van der Waals surface area (Å²) in [5.41, 5.74) is 0.798. The maximum Gasteiger partial charge on any atom is 0.319 e. The van der Waals surface area contributed by atoms with Crippen molar-refractivity contribution in [2.24, 2.45) is 0 Å². The normalized spacial score (nSPS) is 9.10. The first-order chi connectivity index (χ1) is 9.56. The molecular formula is C13H12N4O3. The molecule has 0 aromatic heterocycles. The lowest BCUT2D eigenvalue weighted by Gasteiger charge is -2.07. The number of hydrogen-bond donors (Lipinski definition) is 3. The van der Waals surface area contributed by atoms with Gasteiger partial charge in [0.05, 0.1) is 11.1 Å². The molecule has 1 rings (SSSR count). The SMILES string of the molecule is N#Cc1ccc(NC(=O)NCCCC(=O)O)cc1C#N. The van der Waals surface area contributed by atoms with Crippen molar-refractivity contribution in [2.45, 2.75) is 12.8 Å². The Balaban J connectivity index is 2.53. The lowest BCUT2D eigenvalue weighted by molar-refractivity contribution is -0.137. The third-order valence-electron chi connectivity index (χ3n) is 2.37. The zero-order valence-electron chi connectivity index (χ0n) is 10.5. The van der Waals surface area contributed by atoms with E-state index in [4.69, 9.17) is 15.6 Å². The molecule has 0 saturated heterocycles. The van der Waals surface area contributed by atoms with Gasteiger partial charge in [-0.05, 0) is 24.6 Å². The molecule has 7 nitrogen and oxygen atoms in total. The average molecular weight is 272 g/mol. The number of nitriles is 2. The molecule has 0 unspecified atom stereocenters. The van der Waals surface area contributed by atoms with Gasteiger partial charge in [0.1, 0.15) is 12.1 Å². The summed E-state index contributed by atoms with van der Waals surface area (Å²) in [6.45, 7) is 0.236. The Bertz CT molecular complexity index is 599. The molecule has 0 fully saturated rings.